The van der Waals surface area contributed by atoms with Gasteiger partial charge in [0.05, 0.1) is 5.69 Å². The van der Waals surface area contributed by atoms with E-state index in [1.165, 1.54) is 0 Å². The molecule has 0 N–H and O–H groups in total. The normalized spacial score (nSPS) is 15.4. The van der Waals surface area contributed by atoms with E-state index in [0.29, 0.717) is 16.4 Å². The highest BCUT2D eigenvalue weighted by atomic mass is 35.5. The van der Waals surface area contributed by atoms with Gasteiger partial charge in [0.15, 0.2) is 17.3 Å². The van der Waals surface area contributed by atoms with Gasteiger partial charge < -0.3 is 9.32 Å². The smallest absolute Gasteiger partial charge is 0.198 e. The number of rotatable bonds is 2. The van der Waals surface area contributed by atoms with Crippen LogP contribution in [0.1, 0.15) is 41.5 Å². The van der Waals surface area contributed by atoms with Crippen LogP contribution < -0.4 is 4.90 Å². The molecule has 0 saturated carbocycles. The molecule has 6 nitrogen and oxygen atoms in total. The van der Waals surface area contributed by atoms with Gasteiger partial charge in [-0.3, -0.25) is 0 Å². The van der Waals surface area contributed by atoms with Crippen LogP contribution in [0.3, 0.4) is 0 Å². The Hall–Kier alpha value is -2.65. The average molecular weight is 368 g/mol. The third kappa shape index (κ3) is 2.89. The molecular formula is C19H18ClN5O. The van der Waals surface area contributed by atoms with E-state index < -0.39 is 0 Å². The maximum atomic E-state index is 9.51. The molecule has 0 radical (unpaired) electrons. The van der Waals surface area contributed by atoms with Gasteiger partial charge in [-0.2, -0.15) is 10.4 Å². The van der Waals surface area contributed by atoms with E-state index in [9.17, 15) is 5.26 Å². The van der Waals surface area contributed by atoms with Crippen molar-refractivity contribution in [3.8, 4) is 6.07 Å². The van der Waals surface area contributed by atoms with E-state index in [0.717, 1.165) is 54.2 Å². The average Bonchev–Trinajstić information content (AvgIpc) is 3.07. The van der Waals surface area contributed by atoms with Crippen molar-refractivity contribution in [2.75, 3.05) is 18.0 Å². The molecule has 1 aliphatic rings. The van der Waals surface area contributed by atoms with Crippen molar-refractivity contribution in [1.82, 2.24) is 15.2 Å². The van der Waals surface area contributed by atoms with Gasteiger partial charge in [0.25, 0.3) is 0 Å². The minimum Gasteiger partial charge on any atom is -0.440 e. The van der Waals surface area contributed by atoms with E-state index in [2.05, 4.69) is 26.2 Å². The Balaban J connectivity index is 1.54. The predicted molar refractivity (Wildman–Crippen MR) is 99.4 cm³/mol. The van der Waals surface area contributed by atoms with Crippen molar-refractivity contribution >= 4 is 28.5 Å². The molecule has 132 valence electrons. The summed E-state index contributed by atoms with van der Waals surface area (Å²) in [5, 5.41) is 18.6. The first-order valence-electron chi connectivity index (χ1n) is 8.61. The minimum absolute atomic E-state index is 0.252. The maximum Gasteiger partial charge on any atom is 0.198 e. The summed E-state index contributed by atoms with van der Waals surface area (Å²) in [4.78, 5) is 6.74. The number of benzene rings is 1. The van der Waals surface area contributed by atoms with Crippen LogP contribution in [0.4, 0.5) is 5.82 Å². The molecule has 3 aromatic rings. The fraction of sp³-hybridized carbons (Fsp3) is 0.368. The molecule has 2 aromatic heterocycles. The Kier molecular flexibility index (Phi) is 4.25. The highest BCUT2D eigenvalue weighted by molar-refractivity contribution is 6.31. The van der Waals surface area contributed by atoms with Gasteiger partial charge in [-0.15, -0.1) is 5.10 Å². The SMILES string of the molecule is Cc1nnc(N2CCC(c3nc4cc(Cl)ccc4o3)CC2)c(C#N)c1C. The molecule has 0 bridgehead atoms. The lowest BCUT2D eigenvalue weighted by Crippen LogP contribution is -2.34. The highest BCUT2D eigenvalue weighted by Gasteiger charge is 2.27. The second-order valence-electron chi connectivity index (χ2n) is 6.65. The van der Waals surface area contributed by atoms with Gasteiger partial charge in [-0.05, 0) is 50.5 Å². The van der Waals surface area contributed by atoms with Crippen LogP contribution in [0.5, 0.6) is 0 Å². The fourth-order valence-corrected chi connectivity index (χ4v) is 3.55. The second-order valence-corrected chi connectivity index (χ2v) is 7.08. The lowest BCUT2D eigenvalue weighted by Gasteiger charge is -2.31. The summed E-state index contributed by atoms with van der Waals surface area (Å²) in [7, 11) is 0. The van der Waals surface area contributed by atoms with Crippen molar-refractivity contribution in [1.29, 1.82) is 5.26 Å². The van der Waals surface area contributed by atoms with E-state index in [4.69, 9.17) is 16.0 Å². The zero-order valence-electron chi connectivity index (χ0n) is 14.7. The molecule has 0 amide bonds. The van der Waals surface area contributed by atoms with Crippen LogP contribution in [-0.4, -0.2) is 28.3 Å². The molecule has 3 heterocycles. The third-order valence-corrected chi connectivity index (χ3v) is 5.29. The summed E-state index contributed by atoms with van der Waals surface area (Å²) in [5.41, 5.74) is 3.87. The Morgan fingerprint density at radius 2 is 2.00 bits per heavy atom. The van der Waals surface area contributed by atoms with Crippen LogP contribution in [-0.2, 0) is 0 Å². The molecular weight excluding hydrogens is 350 g/mol. The summed E-state index contributed by atoms with van der Waals surface area (Å²) >= 11 is 6.03. The molecule has 7 heteroatoms. The van der Waals surface area contributed by atoms with Gasteiger partial charge in [0, 0.05) is 24.0 Å². The first-order chi connectivity index (χ1) is 12.6. The molecule has 0 aliphatic carbocycles. The number of fused-ring (bicyclic) bond motifs is 1. The van der Waals surface area contributed by atoms with Crippen molar-refractivity contribution in [3.05, 3.63) is 45.9 Å². The number of hydrogen-bond donors (Lipinski definition) is 0. The zero-order valence-corrected chi connectivity index (χ0v) is 15.4. The molecule has 1 fully saturated rings. The van der Waals surface area contributed by atoms with Gasteiger partial charge in [-0.25, -0.2) is 4.98 Å². The van der Waals surface area contributed by atoms with Gasteiger partial charge in [0.2, 0.25) is 0 Å². The third-order valence-electron chi connectivity index (χ3n) is 5.06. The van der Waals surface area contributed by atoms with E-state index in [-0.39, 0.29) is 5.92 Å². The topological polar surface area (TPSA) is 78.8 Å². The van der Waals surface area contributed by atoms with Crippen molar-refractivity contribution < 1.29 is 4.42 Å². The number of aryl methyl sites for hydroxylation is 1. The molecule has 26 heavy (non-hydrogen) atoms. The minimum atomic E-state index is 0.252. The fourth-order valence-electron chi connectivity index (χ4n) is 3.38. The molecule has 0 unspecified atom stereocenters. The first kappa shape index (κ1) is 16.8. The molecule has 4 rings (SSSR count). The maximum absolute atomic E-state index is 9.51. The molecule has 0 spiro atoms. The zero-order chi connectivity index (χ0) is 18.3. The monoisotopic (exact) mass is 367 g/mol. The van der Waals surface area contributed by atoms with Crippen LogP contribution in [0.2, 0.25) is 5.02 Å². The molecule has 1 aromatic carbocycles. The summed E-state index contributed by atoms with van der Waals surface area (Å²) in [6.07, 6.45) is 1.78. The van der Waals surface area contributed by atoms with Crippen molar-refractivity contribution in [3.63, 3.8) is 0 Å². The van der Waals surface area contributed by atoms with E-state index in [1.54, 1.807) is 0 Å². The number of nitriles is 1. The van der Waals surface area contributed by atoms with Gasteiger partial charge in [-0.1, -0.05) is 11.6 Å². The Morgan fingerprint density at radius 1 is 1.23 bits per heavy atom. The Labute approximate surface area is 156 Å². The number of piperidine rings is 1. The number of halogens is 1. The lowest BCUT2D eigenvalue weighted by atomic mass is 9.96. The summed E-state index contributed by atoms with van der Waals surface area (Å²) in [5.74, 6) is 1.69. The lowest BCUT2D eigenvalue weighted by molar-refractivity contribution is 0.406. The van der Waals surface area contributed by atoms with Gasteiger partial charge in [0.1, 0.15) is 17.1 Å². The number of hydrogen-bond acceptors (Lipinski definition) is 6. The van der Waals surface area contributed by atoms with Crippen LogP contribution in [0, 0.1) is 25.2 Å². The van der Waals surface area contributed by atoms with Gasteiger partial charge >= 0.3 is 0 Å². The Bertz CT molecular complexity index is 1010. The van der Waals surface area contributed by atoms with Crippen molar-refractivity contribution in [2.45, 2.75) is 32.6 Å². The van der Waals surface area contributed by atoms with Crippen molar-refractivity contribution in [2.24, 2.45) is 0 Å². The van der Waals surface area contributed by atoms with E-state index in [1.807, 2.05) is 32.0 Å². The number of oxazole rings is 1. The summed E-state index contributed by atoms with van der Waals surface area (Å²) in [6.45, 7) is 5.37. The first-order valence-corrected chi connectivity index (χ1v) is 8.99. The summed E-state index contributed by atoms with van der Waals surface area (Å²) in [6, 6.07) is 7.77. The Morgan fingerprint density at radius 3 is 2.73 bits per heavy atom. The van der Waals surface area contributed by atoms with Crippen LogP contribution >= 0.6 is 11.6 Å². The molecule has 0 atom stereocenters. The highest BCUT2D eigenvalue weighted by Crippen LogP contribution is 2.33. The predicted octanol–water partition coefficient (Wildman–Crippen LogP) is 4.14. The summed E-state index contributed by atoms with van der Waals surface area (Å²) < 4.78 is 5.91. The molecule has 1 aliphatic heterocycles. The van der Waals surface area contributed by atoms with Crippen LogP contribution in [0.25, 0.3) is 11.1 Å². The number of aromatic nitrogens is 3. The van der Waals surface area contributed by atoms with E-state index >= 15 is 0 Å². The largest absolute Gasteiger partial charge is 0.440 e. The number of anilines is 1. The molecule has 1 saturated heterocycles. The number of nitrogens with zero attached hydrogens (tertiary/aromatic N) is 5. The quantitative estimate of drug-likeness (QED) is 0.677. The standard InChI is InChI=1S/C19H18ClN5O/c1-11-12(2)23-24-18(15(11)10-21)25-7-5-13(6-8-25)19-22-16-9-14(20)3-4-17(16)26-19/h3-4,9,13H,5-8H2,1-2H3. The second kappa shape index (κ2) is 6.58. The van der Waals surface area contributed by atoms with Crippen LogP contribution in [0.15, 0.2) is 22.6 Å².